The van der Waals surface area contributed by atoms with Crippen LogP contribution in [0.4, 0.5) is 0 Å². The second-order valence-electron chi connectivity index (χ2n) is 40.3. The molecule has 0 heterocycles. The quantitative estimate of drug-likeness (QED) is 0.0323. The number of esters is 6. The maximum Gasteiger partial charge on any atom is 0.306 e. The summed E-state index contributed by atoms with van der Waals surface area (Å²) in [5, 5.41) is 0. The van der Waals surface area contributed by atoms with E-state index in [1.54, 1.807) is 0 Å². The van der Waals surface area contributed by atoms with Crippen LogP contribution in [-0.4, -0.2) is 74.5 Å². The molecule has 0 saturated heterocycles. The summed E-state index contributed by atoms with van der Waals surface area (Å²) in [6.07, 6.45) is 121. The lowest BCUT2D eigenvalue weighted by Crippen LogP contribution is -2.30. The molecule has 0 radical (unpaired) electrons. The summed E-state index contributed by atoms with van der Waals surface area (Å²) in [5.41, 5.74) is 0. The number of hydrogen-bond donors (Lipinski definition) is 0. The first kappa shape index (κ1) is 125. The van der Waals surface area contributed by atoms with Crippen LogP contribution in [0.1, 0.15) is 670 Å². The zero-order valence-electron chi connectivity index (χ0n) is 86.6. The van der Waals surface area contributed by atoms with Crippen molar-refractivity contribution in [3.05, 3.63) is 0 Å². The topological polar surface area (TPSA) is 158 Å². The second-order valence-corrected chi connectivity index (χ2v) is 40.3. The summed E-state index contributed by atoms with van der Waals surface area (Å²) < 4.78 is 34.2. The third-order valence-corrected chi connectivity index (χ3v) is 27.3. The highest BCUT2D eigenvalue weighted by Gasteiger charge is 2.22. The molecular formula is C116H222O12. The highest BCUT2D eigenvalue weighted by Crippen LogP contribution is 2.24. The number of unbranched alkanes of at least 4 members (excludes halogenated alkanes) is 89. The van der Waals surface area contributed by atoms with E-state index in [2.05, 4.69) is 27.7 Å². The van der Waals surface area contributed by atoms with Gasteiger partial charge in [-0.05, 0) is 38.5 Å². The molecule has 0 saturated carbocycles. The first-order valence-electron chi connectivity index (χ1n) is 58.2. The van der Waals surface area contributed by atoms with Crippen molar-refractivity contribution in [1.29, 1.82) is 0 Å². The lowest BCUT2D eigenvalue weighted by atomic mass is 10.0. The first-order valence-corrected chi connectivity index (χ1v) is 58.2. The van der Waals surface area contributed by atoms with Gasteiger partial charge in [-0.1, -0.05) is 593 Å². The molecule has 12 nitrogen and oxygen atoms in total. The Morgan fingerprint density at radius 2 is 0.211 bits per heavy atom. The molecular weight excluding hydrogens is 1590 g/mol. The molecule has 0 aromatic heterocycles. The highest BCUT2D eigenvalue weighted by molar-refractivity contribution is 5.72. The molecule has 128 heavy (non-hydrogen) atoms. The smallest absolute Gasteiger partial charge is 0.306 e. The predicted molar refractivity (Wildman–Crippen MR) is 548 cm³/mol. The molecule has 0 N–H and O–H groups in total. The Kier molecular flexibility index (Phi) is 106. The minimum atomic E-state index is -0.777. The normalized spacial score (nSPS) is 12.0. The van der Waals surface area contributed by atoms with Crippen LogP contribution in [0.5, 0.6) is 0 Å². The Morgan fingerprint density at radius 3 is 0.312 bits per heavy atom. The van der Waals surface area contributed by atoms with Crippen LogP contribution in [0.25, 0.3) is 0 Å². The van der Waals surface area contributed by atoms with E-state index in [9.17, 15) is 28.8 Å². The van der Waals surface area contributed by atoms with Crippen LogP contribution in [0.3, 0.4) is 0 Å². The molecule has 0 bridgehead atoms. The van der Waals surface area contributed by atoms with E-state index >= 15 is 0 Å². The Bertz CT molecular complexity index is 2080. The molecule has 758 valence electrons. The number of ether oxygens (including phenoxy) is 6. The summed E-state index contributed by atoms with van der Waals surface area (Å²) in [5.74, 6) is -1.69. The van der Waals surface area contributed by atoms with E-state index in [0.29, 0.717) is 38.5 Å². The van der Waals surface area contributed by atoms with Crippen molar-refractivity contribution >= 4 is 35.8 Å². The first-order chi connectivity index (χ1) is 63.1. The van der Waals surface area contributed by atoms with Crippen molar-refractivity contribution in [2.24, 2.45) is 0 Å². The zero-order chi connectivity index (χ0) is 92.4. The lowest BCUT2D eigenvalue weighted by molar-refractivity contribution is -0.167. The molecule has 2 unspecified atom stereocenters. The molecule has 0 rings (SSSR count). The molecule has 0 aromatic carbocycles. The standard InChI is InChI=1S/C116H222O12/c1-5-9-13-17-21-25-29-33-57-63-69-75-81-87-93-99-111(117)123-105-109(127-115(121)103-97-91-85-79-73-67-59-35-31-27-23-19-15-11-7-3)107-125-113(119)101-95-89-83-77-71-65-61-55-53-51-49-47-45-43-41-39-37-38-40-42-44-46-48-50-52-54-56-62-66-72-78-84-90-96-102-114(120)126-108-110(128-116(122)104-98-92-86-80-74-68-60-36-32-28-24-20-16-12-8-4)106-124-112(118)100-94-88-82-76-70-64-58-34-30-26-22-18-14-10-6-2/h109-110H,5-108H2,1-4H3. The van der Waals surface area contributed by atoms with Gasteiger partial charge in [0.05, 0.1) is 0 Å². The number of carbonyl (C=O) groups is 6. The molecule has 2 atom stereocenters. The Labute approximate surface area is 796 Å². The van der Waals surface area contributed by atoms with Crippen LogP contribution in [-0.2, 0) is 57.2 Å². The summed E-state index contributed by atoms with van der Waals surface area (Å²) in [6, 6.07) is 0. The Hall–Kier alpha value is -3.18. The van der Waals surface area contributed by atoms with Crippen molar-refractivity contribution in [2.45, 2.75) is 682 Å². The average molecular weight is 1810 g/mol. The van der Waals surface area contributed by atoms with E-state index in [-0.39, 0.29) is 62.2 Å². The maximum atomic E-state index is 13.0. The van der Waals surface area contributed by atoms with Crippen molar-refractivity contribution in [1.82, 2.24) is 0 Å². The third-order valence-electron chi connectivity index (χ3n) is 27.3. The molecule has 0 spiro atoms. The third kappa shape index (κ3) is 105. The van der Waals surface area contributed by atoms with Crippen LogP contribution in [0, 0.1) is 0 Å². The van der Waals surface area contributed by atoms with Gasteiger partial charge < -0.3 is 28.4 Å². The van der Waals surface area contributed by atoms with Crippen LogP contribution in [0.15, 0.2) is 0 Å². The summed E-state index contributed by atoms with van der Waals surface area (Å²) >= 11 is 0. The van der Waals surface area contributed by atoms with Gasteiger partial charge in [-0.15, -0.1) is 0 Å². The van der Waals surface area contributed by atoms with Crippen LogP contribution in [0.2, 0.25) is 0 Å². The molecule has 0 aliphatic heterocycles. The SMILES string of the molecule is CCCCCCCCCCCCCCCCCC(=O)OCC(COC(=O)CCCCCCCCCCCCCCCCCCCCCCCCCCCCCCCCCCCCC(=O)OCC(COC(=O)CCCCCCCCCCCCCCCCC)OC(=O)CCCCCCCCCCCCCCCCC)OC(=O)CCCCCCCCCCCCCCCCC. The fraction of sp³-hybridized carbons (Fsp3) is 0.948. The monoisotopic (exact) mass is 1810 g/mol. The van der Waals surface area contributed by atoms with Crippen molar-refractivity contribution < 1.29 is 57.2 Å². The van der Waals surface area contributed by atoms with Gasteiger partial charge >= 0.3 is 35.8 Å². The zero-order valence-corrected chi connectivity index (χ0v) is 86.6. The number of carbonyl (C=O) groups excluding carboxylic acids is 6. The maximum absolute atomic E-state index is 13.0. The van der Waals surface area contributed by atoms with Gasteiger partial charge in [-0.25, -0.2) is 0 Å². The van der Waals surface area contributed by atoms with E-state index in [1.807, 2.05) is 0 Å². The highest BCUT2D eigenvalue weighted by atomic mass is 16.6. The van der Waals surface area contributed by atoms with Gasteiger partial charge in [0.15, 0.2) is 12.2 Å². The van der Waals surface area contributed by atoms with E-state index < -0.39 is 12.2 Å². The van der Waals surface area contributed by atoms with Crippen LogP contribution < -0.4 is 0 Å². The fourth-order valence-electron chi connectivity index (χ4n) is 18.5. The largest absolute Gasteiger partial charge is 0.462 e. The number of hydrogen-bond acceptors (Lipinski definition) is 12. The average Bonchev–Trinajstić information content (AvgIpc) is 0.944. The summed E-state index contributed by atoms with van der Waals surface area (Å²) in [4.78, 5) is 77.3. The van der Waals surface area contributed by atoms with Gasteiger partial charge in [-0.3, -0.25) is 28.8 Å². The molecule has 0 aliphatic carbocycles. The predicted octanol–water partition coefficient (Wildman–Crippen LogP) is 38.1. The Morgan fingerprint density at radius 1 is 0.125 bits per heavy atom. The van der Waals surface area contributed by atoms with Crippen molar-refractivity contribution in [2.75, 3.05) is 26.4 Å². The van der Waals surface area contributed by atoms with Crippen molar-refractivity contribution in [3.63, 3.8) is 0 Å². The molecule has 0 aliphatic rings. The fourth-order valence-corrected chi connectivity index (χ4v) is 18.5. The molecule has 12 heteroatoms. The van der Waals surface area contributed by atoms with E-state index in [4.69, 9.17) is 28.4 Å². The van der Waals surface area contributed by atoms with E-state index in [1.165, 1.54) is 488 Å². The van der Waals surface area contributed by atoms with Gasteiger partial charge in [0, 0.05) is 38.5 Å². The molecule has 0 fully saturated rings. The van der Waals surface area contributed by atoms with Crippen LogP contribution >= 0.6 is 0 Å². The van der Waals surface area contributed by atoms with Gasteiger partial charge in [0.25, 0.3) is 0 Å². The van der Waals surface area contributed by atoms with Gasteiger partial charge in [0.1, 0.15) is 26.4 Å². The Balaban J connectivity index is 4.11. The minimum absolute atomic E-state index is 0.0711. The summed E-state index contributed by atoms with van der Waals surface area (Å²) in [6.45, 7) is 8.83. The number of rotatable bonds is 111. The van der Waals surface area contributed by atoms with Gasteiger partial charge in [-0.2, -0.15) is 0 Å². The van der Waals surface area contributed by atoms with Gasteiger partial charge in [0.2, 0.25) is 0 Å². The second kappa shape index (κ2) is 109. The molecule has 0 aromatic rings. The molecule has 0 amide bonds. The van der Waals surface area contributed by atoms with Crippen molar-refractivity contribution in [3.8, 4) is 0 Å². The minimum Gasteiger partial charge on any atom is -0.462 e. The lowest BCUT2D eigenvalue weighted by Gasteiger charge is -2.18. The summed E-state index contributed by atoms with van der Waals surface area (Å²) in [7, 11) is 0. The van der Waals surface area contributed by atoms with E-state index in [0.717, 1.165) is 116 Å².